The van der Waals surface area contributed by atoms with Crippen LogP contribution in [0.4, 0.5) is 13.2 Å². The van der Waals surface area contributed by atoms with Crippen LogP contribution in [-0.4, -0.2) is 11.7 Å². The standard InChI is InChI=1S/C9H7F3O2/c10-9(11,12)6-3-5-1-2-14-8(5)7(13)4-6/h3-4,13H,1-2H2. The van der Waals surface area contributed by atoms with E-state index >= 15 is 0 Å². The van der Waals surface area contributed by atoms with Gasteiger partial charge in [-0.3, -0.25) is 0 Å². The number of aromatic hydroxyl groups is 1. The summed E-state index contributed by atoms with van der Waals surface area (Å²) in [6, 6.07) is 1.70. The maximum absolute atomic E-state index is 12.3. The summed E-state index contributed by atoms with van der Waals surface area (Å²) in [5, 5.41) is 9.25. The molecule has 2 rings (SSSR count). The van der Waals surface area contributed by atoms with Crippen LogP contribution in [0, 0.1) is 0 Å². The lowest BCUT2D eigenvalue weighted by Crippen LogP contribution is -2.05. The average Bonchev–Trinajstić information content (AvgIpc) is 2.50. The van der Waals surface area contributed by atoms with Crippen molar-refractivity contribution < 1.29 is 23.0 Å². The summed E-state index contributed by atoms with van der Waals surface area (Å²) in [6.45, 7) is 0.324. The summed E-state index contributed by atoms with van der Waals surface area (Å²) in [7, 11) is 0. The van der Waals surface area contributed by atoms with E-state index in [1.54, 1.807) is 0 Å². The Balaban J connectivity index is 2.52. The number of phenols is 1. The van der Waals surface area contributed by atoms with Gasteiger partial charge in [0, 0.05) is 12.0 Å². The third-order valence-electron chi connectivity index (χ3n) is 2.09. The summed E-state index contributed by atoms with van der Waals surface area (Å²) >= 11 is 0. The molecule has 5 heteroatoms. The van der Waals surface area contributed by atoms with Gasteiger partial charge in [0.25, 0.3) is 0 Å². The minimum Gasteiger partial charge on any atom is -0.504 e. The van der Waals surface area contributed by atoms with Crippen LogP contribution in [0.1, 0.15) is 11.1 Å². The first kappa shape index (κ1) is 9.18. The monoisotopic (exact) mass is 204 g/mol. The van der Waals surface area contributed by atoms with Gasteiger partial charge in [0.05, 0.1) is 12.2 Å². The third kappa shape index (κ3) is 1.38. The Labute approximate surface area is 77.9 Å². The number of hydrogen-bond donors (Lipinski definition) is 1. The summed E-state index contributed by atoms with van der Waals surface area (Å²) in [4.78, 5) is 0. The lowest BCUT2D eigenvalue weighted by atomic mass is 10.1. The summed E-state index contributed by atoms with van der Waals surface area (Å²) in [6.07, 6.45) is -4.01. The Morgan fingerprint density at radius 1 is 1.29 bits per heavy atom. The molecule has 0 unspecified atom stereocenters. The van der Waals surface area contributed by atoms with Crippen LogP contribution in [0.2, 0.25) is 0 Å². The molecule has 2 nitrogen and oxygen atoms in total. The number of ether oxygens (including phenoxy) is 1. The molecule has 14 heavy (non-hydrogen) atoms. The number of rotatable bonds is 0. The molecule has 0 saturated heterocycles. The number of alkyl halides is 3. The topological polar surface area (TPSA) is 29.5 Å². The fourth-order valence-corrected chi connectivity index (χ4v) is 1.45. The van der Waals surface area contributed by atoms with Crippen LogP contribution in [0.25, 0.3) is 0 Å². The Bertz CT molecular complexity index is 371. The Hall–Kier alpha value is -1.39. The maximum Gasteiger partial charge on any atom is 0.416 e. The molecule has 1 aliphatic heterocycles. The molecule has 0 amide bonds. The highest BCUT2D eigenvalue weighted by Gasteiger charge is 2.33. The van der Waals surface area contributed by atoms with Crippen LogP contribution in [0.5, 0.6) is 11.5 Å². The van der Waals surface area contributed by atoms with Gasteiger partial charge in [-0.1, -0.05) is 0 Å². The summed E-state index contributed by atoms with van der Waals surface area (Å²) < 4.78 is 41.8. The zero-order chi connectivity index (χ0) is 10.3. The molecule has 1 aromatic carbocycles. The van der Waals surface area contributed by atoms with Crippen LogP contribution in [0.15, 0.2) is 12.1 Å². The zero-order valence-corrected chi connectivity index (χ0v) is 7.06. The van der Waals surface area contributed by atoms with Crippen LogP contribution in [-0.2, 0) is 12.6 Å². The molecule has 0 fully saturated rings. The Kier molecular flexibility index (Phi) is 1.83. The second kappa shape index (κ2) is 2.80. The second-order valence-electron chi connectivity index (χ2n) is 3.08. The molecule has 1 aromatic rings. The van der Waals surface area contributed by atoms with E-state index in [1.165, 1.54) is 0 Å². The van der Waals surface area contributed by atoms with Crippen molar-refractivity contribution in [3.05, 3.63) is 23.3 Å². The minimum atomic E-state index is -4.42. The highest BCUT2D eigenvalue weighted by molar-refractivity contribution is 5.51. The molecule has 0 spiro atoms. The first-order valence-corrected chi connectivity index (χ1v) is 4.04. The average molecular weight is 204 g/mol. The summed E-state index contributed by atoms with van der Waals surface area (Å²) in [5.74, 6) is -0.259. The highest BCUT2D eigenvalue weighted by Crippen LogP contribution is 2.40. The van der Waals surface area contributed by atoms with Crippen molar-refractivity contribution in [2.45, 2.75) is 12.6 Å². The smallest absolute Gasteiger partial charge is 0.416 e. The number of phenolic OH excluding ortho intramolecular Hbond substituents is 1. The van der Waals surface area contributed by atoms with Crippen LogP contribution >= 0.6 is 0 Å². The van der Waals surface area contributed by atoms with Crippen LogP contribution < -0.4 is 4.74 Å². The number of fused-ring (bicyclic) bond motifs is 1. The van der Waals surface area contributed by atoms with Gasteiger partial charge in [-0.2, -0.15) is 13.2 Å². The van der Waals surface area contributed by atoms with E-state index in [1.807, 2.05) is 0 Å². The lowest BCUT2D eigenvalue weighted by Gasteiger charge is -2.09. The van der Waals surface area contributed by atoms with Gasteiger partial charge >= 0.3 is 6.18 Å². The van der Waals surface area contributed by atoms with Gasteiger partial charge in [-0.15, -0.1) is 0 Å². The Morgan fingerprint density at radius 2 is 2.00 bits per heavy atom. The maximum atomic E-state index is 12.3. The molecular formula is C9H7F3O2. The predicted molar refractivity (Wildman–Crippen MR) is 42.3 cm³/mol. The fraction of sp³-hybridized carbons (Fsp3) is 0.333. The van der Waals surface area contributed by atoms with Gasteiger partial charge in [-0.05, 0) is 12.1 Å². The van der Waals surface area contributed by atoms with E-state index in [0.717, 1.165) is 6.07 Å². The molecule has 76 valence electrons. The quantitative estimate of drug-likeness (QED) is 0.702. The highest BCUT2D eigenvalue weighted by atomic mass is 19.4. The molecule has 1 heterocycles. The first-order chi connectivity index (χ1) is 6.48. The van der Waals surface area contributed by atoms with Crippen molar-refractivity contribution in [3.63, 3.8) is 0 Å². The molecule has 1 N–H and O–H groups in total. The van der Waals surface area contributed by atoms with Crippen molar-refractivity contribution in [2.24, 2.45) is 0 Å². The predicted octanol–water partition coefficient (Wildman–Crippen LogP) is 2.35. The minimum absolute atomic E-state index is 0.179. The molecule has 0 atom stereocenters. The summed E-state index contributed by atoms with van der Waals surface area (Å²) in [5.41, 5.74) is -0.420. The van der Waals surface area contributed by atoms with Crippen molar-refractivity contribution in [1.82, 2.24) is 0 Å². The zero-order valence-electron chi connectivity index (χ0n) is 7.06. The lowest BCUT2D eigenvalue weighted by molar-refractivity contribution is -0.137. The molecule has 0 saturated carbocycles. The van der Waals surface area contributed by atoms with E-state index in [4.69, 9.17) is 4.74 Å². The van der Waals surface area contributed by atoms with Crippen LogP contribution in [0.3, 0.4) is 0 Å². The van der Waals surface area contributed by atoms with Gasteiger partial charge in [0.2, 0.25) is 0 Å². The third-order valence-corrected chi connectivity index (χ3v) is 2.09. The second-order valence-corrected chi connectivity index (χ2v) is 3.08. The molecule has 0 bridgehead atoms. The van der Waals surface area contributed by atoms with E-state index in [2.05, 4.69) is 0 Å². The van der Waals surface area contributed by atoms with E-state index < -0.39 is 17.5 Å². The molecule has 0 aromatic heterocycles. The van der Waals surface area contributed by atoms with Crippen molar-refractivity contribution in [1.29, 1.82) is 0 Å². The van der Waals surface area contributed by atoms with Crippen molar-refractivity contribution in [3.8, 4) is 11.5 Å². The molecule has 0 aliphatic carbocycles. The number of halogens is 3. The first-order valence-electron chi connectivity index (χ1n) is 4.04. The Morgan fingerprint density at radius 3 is 2.64 bits per heavy atom. The van der Waals surface area contributed by atoms with Gasteiger partial charge < -0.3 is 9.84 Å². The largest absolute Gasteiger partial charge is 0.504 e. The SMILES string of the molecule is Oc1cc(C(F)(F)F)cc2c1OCC2. The van der Waals surface area contributed by atoms with Crippen molar-refractivity contribution in [2.75, 3.05) is 6.61 Å². The van der Waals surface area contributed by atoms with Gasteiger partial charge in [0.1, 0.15) is 0 Å². The normalized spacial score (nSPS) is 15.1. The van der Waals surface area contributed by atoms with Gasteiger partial charge in [-0.25, -0.2) is 0 Å². The molecular weight excluding hydrogens is 197 g/mol. The fourth-order valence-electron chi connectivity index (χ4n) is 1.45. The molecule has 1 aliphatic rings. The number of hydrogen-bond acceptors (Lipinski definition) is 2. The van der Waals surface area contributed by atoms with E-state index in [0.29, 0.717) is 24.7 Å². The van der Waals surface area contributed by atoms with E-state index in [9.17, 15) is 18.3 Å². The molecule has 0 radical (unpaired) electrons. The number of benzene rings is 1. The van der Waals surface area contributed by atoms with Gasteiger partial charge in [0.15, 0.2) is 11.5 Å². The van der Waals surface area contributed by atoms with E-state index in [-0.39, 0.29) is 5.75 Å². The van der Waals surface area contributed by atoms with Crippen molar-refractivity contribution >= 4 is 0 Å².